The number of benzene rings is 1. The van der Waals surface area contributed by atoms with Gasteiger partial charge in [0.2, 0.25) is 0 Å². The highest BCUT2D eigenvalue weighted by Gasteiger charge is 2.15. The molecule has 0 bridgehead atoms. The van der Waals surface area contributed by atoms with Crippen molar-refractivity contribution in [2.24, 2.45) is 0 Å². The summed E-state index contributed by atoms with van der Waals surface area (Å²) < 4.78 is 5.61. The molecule has 166 valence electrons. The number of allylic oxidation sites excluding steroid dienone is 1. The first-order valence-corrected chi connectivity index (χ1v) is 11.1. The molecule has 0 spiro atoms. The van der Waals surface area contributed by atoms with Crippen LogP contribution in [0.3, 0.4) is 0 Å². The third-order valence-corrected chi connectivity index (χ3v) is 5.85. The van der Waals surface area contributed by atoms with E-state index >= 15 is 0 Å². The second kappa shape index (κ2) is 10.1. The molecule has 2 aromatic heterocycles. The summed E-state index contributed by atoms with van der Waals surface area (Å²) in [6.45, 7) is 0. The molecule has 1 aromatic carbocycles. The molecule has 1 saturated carbocycles. The Morgan fingerprint density at radius 1 is 1.12 bits per heavy atom. The zero-order valence-electron chi connectivity index (χ0n) is 18.6. The fourth-order valence-corrected chi connectivity index (χ4v) is 4.17. The molecule has 4 rings (SSSR count). The van der Waals surface area contributed by atoms with Crippen LogP contribution in [0.2, 0.25) is 0 Å². The second-order valence-corrected chi connectivity index (χ2v) is 8.00. The maximum Gasteiger partial charge on any atom is 0.142 e. The van der Waals surface area contributed by atoms with E-state index < -0.39 is 0 Å². The molecule has 0 unspecified atom stereocenters. The van der Waals surface area contributed by atoms with Crippen molar-refractivity contribution in [3.05, 3.63) is 54.5 Å². The first-order valence-electron chi connectivity index (χ1n) is 11.1. The largest absolute Gasteiger partial charge is 0.495 e. The van der Waals surface area contributed by atoms with Crippen LogP contribution in [0.25, 0.3) is 16.3 Å². The Hall–Kier alpha value is -3.61. The van der Waals surface area contributed by atoms with Gasteiger partial charge in [0.25, 0.3) is 0 Å². The number of ether oxygens (including phenoxy) is 1. The van der Waals surface area contributed by atoms with Gasteiger partial charge >= 0.3 is 0 Å². The van der Waals surface area contributed by atoms with Crippen LogP contribution in [0.1, 0.15) is 37.7 Å². The van der Waals surface area contributed by atoms with Crippen LogP contribution in [-0.2, 0) is 0 Å². The van der Waals surface area contributed by atoms with E-state index in [1.54, 1.807) is 13.3 Å². The van der Waals surface area contributed by atoms with Gasteiger partial charge in [0.15, 0.2) is 0 Å². The number of hydrogen-bond acceptors (Lipinski definition) is 7. The van der Waals surface area contributed by atoms with Crippen molar-refractivity contribution in [3.8, 4) is 5.75 Å². The smallest absolute Gasteiger partial charge is 0.142 e. The van der Waals surface area contributed by atoms with E-state index in [1.807, 2.05) is 49.8 Å². The van der Waals surface area contributed by atoms with Crippen LogP contribution in [0.4, 0.5) is 17.3 Å². The monoisotopic (exact) mass is 430 g/mol. The van der Waals surface area contributed by atoms with Gasteiger partial charge in [-0.2, -0.15) is 0 Å². The number of nitrogens with one attached hydrogen (secondary N) is 4. The molecule has 0 aliphatic heterocycles. The number of aromatic nitrogens is 2. The van der Waals surface area contributed by atoms with Gasteiger partial charge in [0, 0.05) is 54.2 Å². The maximum atomic E-state index is 7.64. The van der Waals surface area contributed by atoms with E-state index in [2.05, 4.69) is 25.9 Å². The Morgan fingerprint density at radius 2 is 1.97 bits per heavy atom. The Kier molecular flexibility index (Phi) is 6.84. The van der Waals surface area contributed by atoms with Gasteiger partial charge in [-0.3, -0.25) is 0 Å². The highest BCUT2D eigenvalue weighted by molar-refractivity contribution is 6.08. The van der Waals surface area contributed by atoms with Crippen molar-refractivity contribution < 1.29 is 4.74 Å². The molecule has 1 fully saturated rings. The zero-order valence-corrected chi connectivity index (χ0v) is 18.6. The maximum absolute atomic E-state index is 7.64. The van der Waals surface area contributed by atoms with Crippen LogP contribution < -0.4 is 20.7 Å². The van der Waals surface area contributed by atoms with Gasteiger partial charge in [-0.1, -0.05) is 25.3 Å². The van der Waals surface area contributed by atoms with Crippen molar-refractivity contribution in [1.29, 1.82) is 5.41 Å². The summed E-state index contributed by atoms with van der Waals surface area (Å²) >= 11 is 0. The van der Waals surface area contributed by atoms with Crippen molar-refractivity contribution in [3.63, 3.8) is 0 Å². The minimum absolute atomic E-state index is 0.479. The molecule has 0 saturated heterocycles. The number of rotatable bonds is 8. The average Bonchev–Trinajstić information content (AvgIpc) is 2.84. The lowest BCUT2D eigenvalue weighted by Gasteiger charge is -2.24. The van der Waals surface area contributed by atoms with E-state index in [0.29, 0.717) is 11.8 Å². The molecule has 4 N–H and O–H groups in total. The van der Waals surface area contributed by atoms with E-state index in [-0.39, 0.29) is 0 Å². The van der Waals surface area contributed by atoms with Gasteiger partial charge in [-0.15, -0.1) is 0 Å². The number of fused-ring (bicyclic) bond motifs is 1. The van der Waals surface area contributed by atoms with E-state index in [9.17, 15) is 0 Å². The molecule has 7 heteroatoms. The number of pyridine rings is 2. The lowest BCUT2D eigenvalue weighted by atomic mass is 9.95. The van der Waals surface area contributed by atoms with E-state index in [1.165, 1.54) is 38.3 Å². The summed E-state index contributed by atoms with van der Waals surface area (Å²) in [6, 6.07) is 10.3. The van der Waals surface area contributed by atoms with Crippen LogP contribution in [0, 0.1) is 5.41 Å². The second-order valence-electron chi connectivity index (χ2n) is 8.00. The first-order chi connectivity index (χ1) is 15.7. The molecular weight excluding hydrogens is 400 g/mol. The number of hydrogen-bond donors (Lipinski definition) is 4. The topological polar surface area (TPSA) is 95.0 Å². The van der Waals surface area contributed by atoms with Gasteiger partial charge in [-0.25, -0.2) is 9.97 Å². The van der Waals surface area contributed by atoms with E-state index in [0.717, 1.165) is 39.2 Å². The number of anilines is 3. The van der Waals surface area contributed by atoms with Gasteiger partial charge in [0.1, 0.15) is 17.4 Å². The molecule has 0 amide bonds. The van der Waals surface area contributed by atoms with Gasteiger partial charge in [-0.05, 0) is 42.7 Å². The fraction of sp³-hybridized carbons (Fsp3) is 0.320. The Labute approximate surface area is 188 Å². The molecular formula is C25H30N6O. The molecule has 7 nitrogen and oxygen atoms in total. The van der Waals surface area contributed by atoms with Gasteiger partial charge < -0.3 is 26.1 Å². The molecule has 0 atom stereocenters. The summed E-state index contributed by atoms with van der Waals surface area (Å²) in [4.78, 5) is 9.20. The van der Waals surface area contributed by atoms with Crippen LogP contribution >= 0.6 is 0 Å². The predicted octanol–water partition coefficient (Wildman–Crippen LogP) is 5.34. The summed E-state index contributed by atoms with van der Waals surface area (Å²) in [6.07, 6.45) is 13.1. The van der Waals surface area contributed by atoms with Crippen molar-refractivity contribution >= 4 is 39.9 Å². The highest BCUT2D eigenvalue weighted by Crippen LogP contribution is 2.32. The van der Waals surface area contributed by atoms with Crippen molar-refractivity contribution in [2.45, 2.75) is 38.1 Å². The first kappa shape index (κ1) is 21.6. The Balaban J connectivity index is 1.62. The summed E-state index contributed by atoms with van der Waals surface area (Å²) in [7, 11) is 3.45. The number of nitrogens with zero attached hydrogens (tertiary/aromatic N) is 2. The lowest BCUT2D eigenvalue weighted by molar-refractivity contribution is 0.416. The molecule has 0 radical (unpaired) electrons. The summed E-state index contributed by atoms with van der Waals surface area (Å²) in [5, 5.41) is 19.7. The molecule has 1 aliphatic rings. The third-order valence-electron chi connectivity index (χ3n) is 5.85. The third kappa shape index (κ3) is 4.82. The minimum atomic E-state index is 0.479. The SMILES string of the molecule is CN/C=C(\C=N)c1ccc(Nc2cc3c(NC4CCCCC4)nccc3cn2)c(OC)c1. The highest BCUT2D eigenvalue weighted by atomic mass is 16.5. The van der Waals surface area contributed by atoms with Crippen molar-refractivity contribution in [2.75, 3.05) is 24.8 Å². The average molecular weight is 431 g/mol. The summed E-state index contributed by atoms with van der Waals surface area (Å²) in [5.74, 6) is 2.32. The molecule has 1 aliphatic carbocycles. The standard InChI is InChI=1S/C25H30N6O/c1-27-15-19(14-26)17-8-9-22(23(12-17)32-2)31-24-13-21-18(16-29-24)10-11-28-25(21)30-20-6-4-3-5-7-20/h8-16,20,26-27H,3-7H2,1-2H3,(H,28,30)(H,29,31)/b19-15+,26-14?. The number of methoxy groups -OCH3 is 1. The normalized spacial score (nSPS) is 14.8. The lowest BCUT2D eigenvalue weighted by Crippen LogP contribution is -2.22. The molecule has 32 heavy (non-hydrogen) atoms. The van der Waals surface area contributed by atoms with Crippen LogP contribution in [0.5, 0.6) is 5.75 Å². The Morgan fingerprint density at radius 3 is 2.72 bits per heavy atom. The zero-order chi connectivity index (χ0) is 22.3. The van der Waals surface area contributed by atoms with E-state index in [4.69, 9.17) is 10.1 Å². The molecule has 2 heterocycles. The minimum Gasteiger partial charge on any atom is -0.495 e. The van der Waals surface area contributed by atoms with Crippen LogP contribution in [0.15, 0.2) is 48.9 Å². The quantitative estimate of drug-likeness (QED) is 0.361. The van der Waals surface area contributed by atoms with Crippen molar-refractivity contribution in [1.82, 2.24) is 15.3 Å². The summed E-state index contributed by atoms with van der Waals surface area (Å²) in [5.41, 5.74) is 2.47. The fourth-order valence-electron chi connectivity index (χ4n) is 4.17. The van der Waals surface area contributed by atoms with Crippen LogP contribution in [-0.4, -0.2) is 36.4 Å². The predicted molar refractivity (Wildman–Crippen MR) is 132 cm³/mol. The molecule has 3 aromatic rings. The Bertz CT molecular complexity index is 1120. The van der Waals surface area contributed by atoms with Gasteiger partial charge in [0.05, 0.1) is 12.8 Å².